The number of amides is 3. The summed E-state index contributed by atoms with van der Waals surface area (Å²) in [5.41, 5.74) is 2.62. The lowest BCUT2D eigenvalue weighted by molar-refractivity contribution is -0.123. The summed E-state index contributed by atoms with van der Waals surface area (Å²) in [5.74, 6) is -0.473. The first-order valence-electron chi connectivity index (χ1n) is 11.2. The Labute approximate surface area is 188 Å². The Morgan fingerprint density at radius 1 is 1.16 bits per heavy atom. The molecule has 2 aromatic rings. The number of nitrogens with one attached hydrogen (secondary N) is 1. The Morgan fingerprint density at radius 3 is 2.69 bits per heavy atom. The number of carbonyl (C=O) groups is 3. The quantitative estimate of drug-likeness (QED) is 0.754. The molecule has 1 aromatic carbocycles. The number of hydrogen-bond acceptors (Lipinski definition) is 5. The highest BCUT2D eigenvalue weighted by Crippen LogP contribution is 2.40. The van der Waals surface area contributed by atoms with Gasteiger partial charge in [0.25, 0.3) is 5.91 Å². The molecule has 3 amide bonds. The van der Waals surface area contributed by atoms with Crippen LogP contribution in [0, 0.1) is 0 Å². The van der Waals surface area contributed by atoms with Gasteiger partial charge in [0.2, 0.25) is 11.8 Å². The molecule has 2 aliphatic rings. The van der Waals surface area contributed by atoms with Crippen LogP contribution in [0.25, 0.3) is 0 Å². The van der Waals surface area contributed by atoms with Crippen molar-refractivity contribution in [3.8, 4) is 0 Å². The first-order valence-corrected chi connectivity index (χ1v) is 11.2. The highest BCUT2D eigenvalue weighted by Gasteiger charge is 2.40. The van der Waals surface area contributed by atoms with Gasteiger partial charge in [-0.3, -0.25) is 24.3 Å². The average molecular weight is 436 g/mol. The first-order chi connectivity index (χ1) is 15.5. The number of anilines is 3. The van der Waals surface area contributed by atoms with Crippen LogP contribution in [0.4, 0.5) is 17.1 Å². The molecular weight excluding hydrogens is 406 g/mol. The van der Waals surface area contributed by atoms with Gasteiger partial charge >= 0.3 is 0 Å². The second kappa shape index (κ2) is 9.38. The zero-order chi connectivity index (χ0) is 22.7. The largest absolute Gasteiger partial charge is 0.358 e. The molecule has 0 bridgehead atoms. The molecule has 1 unspecified atom stereocenters. The molecule has 1 saturated heterocycles. The van der Waals surface area contributed by atoms with E-state index >= 15 is 0 Å². The van der Waals surface area contributed by atoms with E-state index in [0.717, 1.165) is 31.5 Å². The molecule has 168 valence electrons. The van der Waals surface area contributed by atoms with Gasteiger partial charge in [0.15, 0.2) is 0 Å². The van der Waals surface area contributed by atoms with E-state index in [9.17, 15) is 14.4 Å². The van der Waals surface area contributed by atoms with Crippen molar-refractivity contribution in [2.75, 3.05) is 41.3 Å². The molecule has 4 rings (SSSR count). The summed E-state index contributed by atoms with van der Waals surface area (Å²) in [7, 11) is 0. The Morgan fingerprint density at radius 2 is 1.97 bits per heavy atom. The smallest absolute Gasteiger partial charge is 0.253 e. The molecule has 3 heterocycles. The van der Waals surface area contributed by atoms with Crippen LogP contribution in [0.15, 0.2) is 42.7 Å². The maximum absolute atomic E-state index is 13.4. The van der Waals surface area contributed by atoms with Crippen LogP contribution >= 0.6 is 0 Å². The first kappa shape index (κ1) is 21.8. The van der Waals surface area contributed by atoms with Crippen molar-refractivity contribution >= 4 is 34.8 Å². The summed E-state index contributed by atoms with van der Waals surface area (Å²) in [6.45, 7) is 5.78. The summed E-state index contributed by atoms with van der Waals surface area (Å²) >= 11 is 0. The summed E-state index contributed by atoms with van der Waals surface area (Å²) in [4.78, 5) is 48.6. The predicted octanol–water partition coefficient (Wildman–Crippen LogP) is 2.91. The van der Waals surface area contributed by atoms with Gasteiger partial charge in [0, 0.05) is 31.4 Å². The number of carbonyl (C=O) groups excluding carboxylic acids is 3. The maximum Gasteiger partial charge on any atom is 0.253 e. The normalized spacial score (nSPS) is 17.4. The fourth-order valence-electron chi connectivity index (χ4n) is 4.53. The molecule has 8 nitrogen and oxygen atoms in total. The minimum absolute atomic E-state index is 0.0780. The van der Waals surface area contributed by atoms with Crippen LogP contribution in [0.5, 0.6) is 0 Å². The van der Waals surface area contributed by atoms with Gasteiger partial charge in [-0.2, -0.15) is 0 Å². The van der Waals surface area contributed by atoms with Gasteiger partial charge in [-0.25, -0.2) is 0 Å². The molecule has 1 N–H and O–H groups in total. The van der Waals surface area contributed by atoms with Crippen LogP contribution in [0.3, 0.4) is 0 Å². The number of pyridine rings is 1. The number of nitrogens with zero attached hydrogens (tertiary/aromatic N) is 4. The number of fused-ring (bicyclic) bond motifs is 3. The number of hydrogen-bond donors (Lipinski definition) is 1. The molecule has 0 spiro atoms. The molecular formula is C24H29N5O3. The van der Waals surface area contributed by atoms with Crippen molar-refractivity contribution < 1.29 is 14.4 Å². The van der Waals surface area contributed by atoms with E-state index in [2.05, 4.69) is 15.2 Å². The van der Waals surface area contributed by atoms with E-state index in [-0.39, 0.29) is 30.3 Å². The third-order valence-electron chi connectivity index (χ3n) is 6.17. The van der Waals surface area contributed by atoms with Crippen molar-refractivity contribution in [2.45, 2.75) is 39.2 Å². The van der Waals surface area contributed by atoms with Crippen molar-refractivity contribution in [3.05, 3.63) is 48.3 Å². The Hall–Kier alpha value is -3.42. The van der Waals surface area contributed by atoms with Gasteiger partial charge in [-0.15, -0.1) is 0 Å². The fraction of sp³-hybridized carbons (Fsp3) is 0.417. The molecule has 1 atom stereocenters. The van der Waals surface area contributed by atoms with Gasteiger partial charge in [0.1, 0.15) is 12.6 Å². The molecule has 0 aliphatic carbocycles. The zero-order valence-corrected chi connectivity index (χ0v) is 18.6. The molecule has 2 aliphatic heterocycles. The van der Waals surface area contributed by atoms with Gasteiger partial charge in [0.05, 0.1) is 23.3 Å². The number of benzene rings is 1. The van der Waals surface area contributed by atoms with E-state index in [1.807, 2.05) is 26.0 Å². The van der Waals surface area contributed by atoms with Crippen molar-refractivity contribution in [1.82, 2.24) is 9.88 Å². The molecule has 1 fully saturated rings. The molecule has 1 aromatic heterocycles. The predicted molar refractivity (Wildman–Crippen MR) is 124 cm³/mol. The van der Waals surface area contributed by atoms with Gasteiger partial charge < -0.3 is 15.1 Å². The number of rotatable bonds is 6. The summed E-state index contributed by atoms with van der Waals surface area (Å²) in [6.07, 6.45) is 5.96. The van der Waals surface area contributed by atoms with Crippen LogP contribution < -0.4 is 15.1 Å². The fourth-order valence-corrected chi connectivity index (χ4v) is 4.53. The Balaban J connectivity index is 1.67. The minimum Gasteiger partial charge on any atom is -0.358 e. The van der Waals surface area contributed by atoms with Crippen molar-refractivity contribution in [2.24, 2.45) is 0 Å². The van der Waals surface area contributed by atoms with Gasteiger partial charge in [-0.05, 0) is 63.4 Å². The minimum atomic E-state index is -0.304. The summed E-state index contributed by atoms with van der Waals surface area (Å²) in [5, 5.41) is 2.80. The van der Waals surface area contributed by atoms with E-state index in [1.165, 1.54) is 4.90 Å². The van der Waals surface area contributed by atoms with Crippen LogP contribution in [-0.2, 0) is 9.59 Å². The number of aromatic nitrogens is 1. The second-order valence-electron chi connectivity index (χ2n) is 8.10. The monoisotopic (exact) mass is 435 g/mol. The third kappa shape index (κ3) is 4.17. The topological polar surface area (TPSA) is 85.9 Å². The highest BCUT2D eigenvalue weighted by molar-refractivity contribution is 6.11. The zero-order valence-electron chi connectivity index (χ0n) is 18.6. The molecule has 8 heteroatoms. The highest BCUT2D eigenvalue weighted by atomic mass is 16.2. The van der Waals surface area contributed by atoms with E-state index in [4.69, 9.17) is 0 Å². The Kier molecular flexibility index (Phi) is 6.39. The SMILES string of the molecule is CCN(CC)C(=O)c1ccc2c(c1)N(CC(=O)Nc1cccnc1)C(=O)C1CCCCN21. The maximum atomic E-state index is 13.4. The van der Waals surface area contributed by atoms with E-state index in [0.29, 0.717) is 30.0 Å². The second-order valence-corrected chi connectivity index (χ2v) is 8.10. The number of piperidine rings is 1. The lowest BCUT2D eigenvalue weighted by Gasteiger charge is -2.45. The lowest BCUT2D eigenvalue weighted by Crippen LogP contribution is -2.56. The molecule has 32 heavy (non-hydrogen) atoms. The van der Waals surface area contributed by atoms with Gasteiger partial charge in [-0.1, -0.05) is 0 Å². The van der Waals surface area contributed by atoms with E-state index < -0.39 is 0 Å². The third-order valence-corrected chi connectivity index (χ3v) is 6.17. The summed E-state index contributed by atoms with van der Waals surface area (Å²) < 4.78 is 0. The average Bonchev–Trinajstić information content (AvgIpc) is 2.82. The van der Waals surface area contributed by atoms with Crippen LogP contribution in [0.2, 0.25) is 0 Å². The molecule has 0 saturated carbocycles. The van der Waals surface area contributed by atoms with Crippen molar-refractivity contribution in [3.63, 3.8) is 0 Å². The standard InChI is InChI=1S/C24H29N5O3/c1-3-27(4-2)23(31)17-10-11-19-21(14-17)29(24(32)20-9-5-6-13-28(19)20)16-22(30)26-18-8-7-12-25-15-18/h7-8,10-12,14-15,20H,3-6,9,13,16H2,1-2H3,(H,26,30). The van der Waals surface area contributed by atoms with Crippen molar-refractivity contribution in [1.29, 1.82) is 0 Å². The van der Waals surface area contributed by atoms with Crippen LogP contribution in [0.1, 0.15) is 43.5 Å². The Bertz CT molecular complexity index is 1010. The lowest BCUT2D eigenvalue weighted by atomic mass is 9.95. The molecule has 0 radical (unpaired) electrons. The summed E-state index contributed by atoms with van der Waals surface area (Å²) in [6, 6.07) is 8.72. The van der Waals surface area contributed by atoms with E-state index in [1.54, 1.807) is 35.5 Å². The van der Waals surface area contributed by atoms with Crippen LogP contribution in [-0.4, -0.2) is 59.8 Å².